The first-order valence-electron chi connectivity index (χ1n) is 5.80. The number of aliphatic hydroxyl groups excluding tert-OH is 2. The second kappa shape index (κ2) is 6.68. The molecule has 2 unspecified atom stereocenters. The van der Waals surface area contributed by atoms with Crippen LogP contribution < -0.4 is 0 Å². The summed E-state index contributed by atoms with van der Waals surface area (Å²) in [5.41, 5.74) is -2.07. The molecule has 5 nitrogen and oxygen atoms in total. The van der Waals surface area contributed by atoms with E-state index in [1.807, 2.05) is 0 Å². The van der Waals surface area contributed by atoms with E-state index in [2.05, 4.69) is 4.74 Å². The molecule has 21 heavy (non-hydrogen) atoms. The molecular formula is C13H13F3O5. The van der Waals surface area contributed by atoms with E-state index < -0.39 is 41.9 Å². The number of rotatable bonds is 5. The summed E-state index contributed by atoms with van der Waals surface area (Å²) in [6.07, 6.45) is -8.65. The molecule has 0 saturated carbocycles. The summed E-state index contributed by atoms with van der Waals surface area (Å²) in [5, 5.41) is 19.4. The molecule has 0 spiro atoms. The number of benzene rings is 1. The highest BCUT2D eigenvalue weighted by atomic mass is 19.4. The van der Waals surface area contributed by atoms with E-state index in [-0.39, 0.29) is 11.8 Å². The van der Waals surface area contributed by atoms with Gasteiger partial charge < -0.3 is 14.9 Å². The lowest BCUT2D eigenvalue weighted by atomic mass is 9.97. The van der Waals surface area contributed by atoms with Crippen LogP contribution >= 0.6 is 0 Å². The molecule has 0 heterocycles. The fourth-order valence-corrected chi connectivity index (χ4v) is 1.69. The van der Waals surface area contributed by atoms with E-state index >= 15 is 0 Å². The highest BCUT2D eigenvalue weighted by molar-refractivity contribution is 5.77. The Morgan fingerprint density at radius 1 is 1.38 bits per heavy atom. The average Bonchev–Trinajstić information content (AvgIpc) is 2.44. The molecule has 1 aromatic carbocycles. The van der Waals surface area contributed by atoms with Crippen LogP contribution in [0.25, 0.3) is 0 Å². The minimum Gasteiger partial charge on any atom is -0.469 e. The maximum absolute atomic E-state index is 12.8. The first-order chi connectivity index (χ1) is 9.70. The maximum Gasteiger partial charge on any atom is 0.417 e. The van der Waals surface area contributed by atoms with Crippen molar-refractivity contribution in [1.82, 2.24) is 0 Å². The number of alkyl halides is 3. The van der Waals surface area contributed by atoms with Gasteiger partial charge in [0.15, 0.2) is 6.29 Å². The molecule has 2 N–H and O–H groups in total. The van der Waals surface area contributed by atoms with Gasteiger partial charge in [0, 0.05) is 5.56 Å². The Balaban J connectivity index is 3.08. The molecule has 0 aromatic heterocycles. The van der Waals surface area contributed by atoms with Crippen molar-refractivity contribution >= 4 is 12.3 Å². The van der Waals surface area contributed by atoms with Crippen LogP contribution in [-0.2, 0) is 15.7 Å². The van der Waals surface area contributed by atoms with Crippen molar-refractivity contribution in [3.05, 3.63) is 34.9 Å². The maximum atomic E-state index is 12.8. The molecule has 0 amide bonds. The number of halogens is 3. The predicted octanol–water partition coefficient (Wildman–Crippen LogP) is 1.48. The third-order valence-electron chi connectivity index (χ3n) is 2.82. The van der Waals surface area contributed by atoms with Crippen LogP contribution in [0.4, 0.5) is 13.2 Å². The molecule has 0 aliphatic rings. The topological polar surface area (TPSA) is 83.8 Å². The molecule has 1 rings (SSSR count). The van der Waals surface area contributed by atoms with Crippen LogP contribution in [0.3, 0.4) is 0 Å². The highest BCUT2D eigenvalue weighted by Crippen LogP contribution is 2.33. The van der Waals surface area contributed by atoms with Gasteiger partial charge in [0.25, 0.3) is 0 Å². The fraction of sp³-hybridized carbons (Fsp3) is 0.385. The number of aliphatic hydroxyl groups is 2. The molecule has 0 bridgehead atoms. The minimum absolute atomic E-state index is 0.0455. The van der Waals surface area contributed by atoms with Gasteiger partial charge in [-0.05, 0) is 11.6 Å². The Hall–Kier alpha value is -1.93. The number of carbonyl (C=O) groups excluding carboxylic acids is 2. The van der Waals surface area contributed by atoms with E-state index in [1.165, 1.54) is 0 Å². The van der Waals surface area contributed by atoms with Gasteiger partial charge in [-0.3, -0.25) is 9.59 Å². The van der Waals surface area contributed by atoms with Gasteiger partial charge in [-0.25, -0.2) is 0 Å². The molecule has 0 aliphatic heterocycles. The van der Waals surface area contributed by atoms with Crippen molar-refractivity contribution in [1.29, 1.82) is 0 Å². The van der Waals surface area contributed by atoms with Crippen molar-refractivity contribution in [2.75, 3.05) is 7.11 Å². The summed E-state index contributed by atoms with van der Waals surface area (Å²) in [5.74, 6) is -0.817. The molecule has 0 aliphatic carbocycles. The van der Waals surface area contributed by atoms with Crippen LogP contribution in [0.1, 0.15) is 34.0 Å². The number of ether oxygens (including phenoxy) is 1. The summed E-state index contributed by atoms with van der Waals surface area (Å²) >= 11 is 0. The first kappa shape index (κ1) is 17.1. The van der Waals surface area contributed by atoms with E-state index in [0.717, 1.165) is 19.2 Å². The molecule has 0 radical (unpaired) electrons. The molecule has 0 fully saturated rings. The zero-order valence-corrected chi connectivity index (χ0v) is 10.9. The molecule has 8 heteroatoms. The lowest BCUT2D eigenvalue weighted by Gasteiger charge is -2.19. The van der Waals surface area contributed by atoms with E-state index in [0.29, 0.717) is 6.07 Å². The Bertz CT molecular complexity index is 527. The minimum atomic E-state index is -4.78. The Labute approximate surface area is 118 Å². The molecule has 2 atom stereocenters. The summed E-state index contributed by atoms with van der Waals surface area (Å²) in [7, 11) is 1.07. The van der Waals surface area contributed by atoms with Gasteiger partial charge in [-0.15, -0.1) is 0 Å². The van der Waals surface area contributed by atoms with Crippen molar-refractivity contribution in [3.63, 3.8) is 0 Å². The first-order valence-corrected chi connectivity index (χ1v) is 5.80. The fourth-order valence-electron chi connectivity index (χ4n) is 1.69. The van der Waals surface area contributed by atoms with Gasteiger partial charge in [0.05, 0.1) is 25.2 Å². The van der Waals surface area contributed by atoms with Gasteiger partial charge >= 0.3 is 12.1 Å². The number of aldehydes is 1. The number of esters is 1. The zero-order chi connectivity index (χ0) is 16.2. The summed E-state index contributed by atoms with van der Waals surface area (Å²) in [6, 6.07) is 2.53. The monoisotopic (exact) mass is 306 g/mol. The summed E-state index contributed by atoms with van der Waals surface area (Å²) in [4.78, 5) is 21.6. The normalized spacial score (nSPS) is 14.4. The van der Waals surface area contributed by atoms with E-state index in [4.69, 9.17) is 0 Å². The predicted molar refractivity (Wildman–Crippen MR) is 64.4 cm³/mol. The quantitative estimate of drug-likeness (QED) is 0.636. The summed E-state index contributed by atoms with van der Waals surface area (Å²) < 4.78 is 42.6. The number of hydrogen-bond acceptors (Lipinski definition) is 5. The number of methoxy groups -OCH3 is 1. The molecule has 0 saturated heterocycles. The van der Waals surface area contributed by atoms with Crippen molar-refractivity contribution < 1.29 is 37.7 Å². The Morgan fingerprint density at radius 2 is 2.00 bits per heavy atom. The third-order valence-corrected chi connectivity index (χ3v) is 2.82. The second-order valence-electron chi connectivity index (χ2n) is 4.25. The number of hydrogen-bond donors (Lipinski definition) is 2. The highest BCUT2D eigenvalue weighted by Gasteiger charge is 2.34. The van der Waals surface area contributed by atoms with Gasteiger partial charge in [0.1, 0.15) is 6.10 Å². The molecule has 1 aromatic rings. The average molecular weight is 306 g/mol. The lowest BCUT2D eigenvalue weighted by molar-refractivity contribution is -0.145. The zero-order valence-electron chi connectivity index (χ0n) is 10.9. The Morgan fingerprint density at radius 3 is 2.48 bits per heavy atom. The molecular weight excluding hydrogens is 293 g/mol. The van der Waals surface area contributed by atoms with Crippen LogP contribution in [0.15, 0.2) is 18.2 Å². The van der Waals surface area contributed by atoms with Crippen LogP contribution in [0, 0.1) is 0 Å². The lowest BCUT2D eigenvalue weighted by Crippen LogP contribution is -2.23. The number of carbonyl (C=O) groups is 2. The van der Waals surface area contributed by atoms with Gasteiger partial charge in [0.2, 0.25) is 0 Å². The van der Waals surface area contributed by atoms with Crippen LogP contribution in [0.5, 0.6) is 0 Å². The van der Waals surface area contributed by atoms with Crippen LogP contribution in [0.2, 0.25) is 0 Å². The van der Waals surface area contributed by atoms with Gasteiger partial charge in [-0.2, -0.15) is 13.2 Å². The van der Waals surface area contributed by atoms with E-state index in [9.17, 15) is 33.0 Å². The van der Waals surface area contributed by atoms with Crippen molar-refractivity contribution in [2.45, 2.75) is 24.8 Å². The smallest absolute Gasteiger partial charge is 0.417 e. The van der Waals surface area contributed by atoms with Crippen molar-refractivity contribution in [2.24, 2.45) is 0 Å². The third kappa shape index (κ3) is 4.27. The Kier molecular flexibility index (Phi) is 5.45. The van der Waals surface area contributed by atoms with Gasteiger partial charge in [-0.1, -0.05) is 12.1 Å². The van der Waals surface area contributed by atoms with E-state index in [1.54, 1.807) is 0 Å². The SMILES string of the molecule is COC(=O)CC(O)C(O)c1ccc(C=O)c(C(F)(F)F)c1. The second-order valence-corrected chi connectivity index (χ2v) is 4.25. The largest absolute Gasteiger partial charge is 0.469 e. The van der Waals surface area contributed by atoms with Crippen LogP contribution in [-0.4, -0.2) is 35.7 Å². The molecule has 116 valence electrons. The summed E-state index contributed by atoms with van der Waals surface area (Å²) in [6.45, 7) is 0. The van der Waals surface area contributed by atoms with Crippen molar-refractivity contribution in [3.8, 4) is 0 Å². The standard InChI is InChI=1S/C13H13F3O5/c1-21-11(19)5-10(18)12(20)7-2-3-8(6-17)9(4-7)13(14,15)16/h2-4,6,10,12,18,20H,5H2,1H3.